The van der Waals surface area contributed by atoms with Crippen LogP contribution in [0.2, 0.25) is 0 Å². The van der Waals surface area contributed by atoms with Crippen molar-refractivity contribution in [2.45, 2.75) is 13.1 Å². The molecule has 0 saturated carbocycles. The van der Waals surface area contributed by atoms with Gasteiger partial charge in [0.2, 0.25) is 0 Å². The van der Waals surface area contributed by atoms with Crippen LogP contribution in [-0.2, 0) is 13.1 Å². The fourth-order valence-electron chi connectivity index (χ4n) is 1.90. The van der Waals surface area contributed by atoms with Gasteiger partial charge in [-0.05, 0) is 30.8 Å². The van der Waals surface area contributed by atoms with E-state index in [4.69, 9.17) is 5.84 Å². The highest BCUT2D eigenvalue weighted by molar-refractivity contribution is 5.91. The molecule has 0 aromatic carbocycles. The van der Waals surface area contributed by atoms with Crippen LogP contribution >= 0.6 is 0 Å². The van der Waals surface area contributed by atoms with Crippen LogP contribution in [0.15, 0.2) is 42.7 Å². The molecule has 2 aromatic heterocycles. The van der Waals surface area contributed by atoms with E-state index in [0.29, 0.717) is 12.2 Å². The number of aromatic nitrogens is 2. The molecule has 0 unspecified atom stereocenters. The van der Waals surface area contributed by atoms with Crippen molar-refractivity contribution in [1.82, 2.24) is 20.3 Å². The molecule has 6 nitrogen and oxygen atoms in total. The summed E-state index contributed by atoms with van der Waals surface area (Å²) < 4.78 is 0. The molecule has 0 aliphatic heterocycles. The maximum atomic E-state index is 11.4. The number of carbonyl (C=O) groups excluding carboxylic acids is 1. The molecule has 1 amide bonds. The monoisotopic (exact) mass is 271 g/mol. The highest BCUT2D eigenvalue weighted by atomic mass is 16.2. The summed E-state index contributed by atoms with van der Waals surface area (Å²) in [6.45, 7) is 1.41. The van der Waals surface area contributed by atoms with E-state index in [0.717, 1.165) is 17.8 Å². The zero-order valence-electron chi connectivity index (χ0n) is 11.3. The highest BCUT2D eigenvalue weighted by Gasteiger charge is 2.08. The average molecular weight is 271 g/mol. The van der Waals surface area contributed by atoms with E-state index in [1.165, 1.54) is 0 Å². The molecule has 0 aliphatic carbocycles. The zero-order chi connectivity index (χ0) is 14.4. The molecule has 0 fully saturated rings. The summed E-state index contributed by atoms with van der Waals surface area (Å²) in [4.78, 5) is 21.9. The second-order valence-corrected chi connectivity index (χ2v) is 4.52. The minimum Gasteiger partial charge on any atom is -0.296 e. The SMILES string of the molecule is CN(Cc1cccnc1)Cc1cccc(C(=O)NN)n1. The van der Waals surface area contributed by atoms with E-state index < -0.39 is 0 Å². The molecule has 0 aliphatic rings. The normalized spacial score (nSPS) is 10.6. The summed E-state index contributed by atoms with van der Waals surface area (Å²) in [6, 6.07) is 9.24. The summed E-state index contributed by atoms with van der Waals surface area (Å²) in [5.74, 6) is 4.71. The largest absolute Gasteiger partial charge is 0.296 e. The van der Waals surface area contributed by atoms with E-state index in [2.05, 4.69) is 20.3 Å². The maximum absolute atomic E-state index is 11.4. The van der Waals surface area contributed by atoms with Crippen LogP contribution in [0.1, 0.15) is 21.7 Å². The van der Waals surface area contributed by atoms with Gasteiger partial charge >= 0.3 is 0 Å². The number of rotatable bonds is 5. The smallest absolute Gasteiger partial charge is 0.283 e. The third-order valence-corrected chi connectivity index (χ3v) is 2.78. The lowest BCUT2D eigenvalue weighted by Crippen LogP contribution is -2.31. The van der Waals surface area contributed by atoms with Gasteiger partial charge in [-0.15, -0.1) is 0 Å². The molecule has 104 valence electrons. The van der Waals surface area contributed by atoms with E-state index in [1.54, 1.807) is 18.3 Å². The van der Waals surface area contributed by atoms with Gasteiger partial charge < -0.3 is 0 Å². The van der Waals surface area contributed by atoms with E-state index in [1.807, 2.05) is 31.4 Å². The summed E-state index contributed by atoms with van der Waals surface area (Å²) in [6.07, 6.45) is 3.59. The van der Waals surface area contributed by atoms with Crippen LogP contribution in [0.25, 0.3) is 0 Å². The number of nitrogen functional groups attached to an aromatic ring is 1. The van der Waals surface area contributed by atoms with Crippen molar-refractivity contribution >= 4 is 5.91 Å². The van der Waals surface area contributed by atoms with Gasteiger partial charge in [0, 0.05) is 25.5 Å². The lowest BCUT2D eigenvalue weighted by Gasteiger charge is -2.16. The first-order valence-corrected chi connectivity index (χ1v) is 6.23. The third-order valence-electron chi connectivity index (χ3n) is 2.78. The standard InChI is InChI=1S/C14H17N5O/c1-19(9-11-4-3-7-16-8-11)10-12-5-2-6-13(17-12)14(20)18-15/h2-8H,9-10,15H2,1H3,(H,18,20). The van der Waals surface area contributed by atoms with Gasteiger partial charge in [0.05, 0.1) is 5.69 Å². The van der Waals surface area contributed by atoms with Crippen molar-refractivity contribution in [3.8, 4) is 0 Å². The van der Waals surface area contributed by atoms with E-state index in [-0.39, 0.29) is 5.91 Å². The van der Waals surface area contributed by atoms with Gasteiger partial charge in [-0.25, -0.2) is 10.8 Å². The molecule has 2 heterocycles. The highest BCUT2D eigenvalue weighted by Crippen LogP contribution is 2.06. The second kappa shape index (κ2) is 6.74. The number of nitrogens with one attached hydrogen (secondary N) is 1. The zero-order valence-corrected chi connectivity index (χ0v) is 11.3. The van der Waals surface area contributed by atoms with Gasteiger partial charge in [0.25, 0.3) is 5.91 Å². The molecule has 0 bridgehead atoms. The molecule has 0 radical (unpaired) electrons. The fourth-order valence-corrected chi connectivity index (χ4v) is 1.90. The summed E-state index contributed by atoms with van der Waals surface area (Å²) in [5, 5.41) is 0. The first-order chi connectivity index (χ1) is 9.69. The van der Waals surface area contributed by atoms with Gasteiger partial charge in [-0.2, -0.15) is 0 Å². The first-order valence-electron chi connectivity index (χ1n) is 6.23. The Morgan fingerprint density at radius 2 is 2.15 bits per heavy atom. The topological polar surface area (TPSA) is 84.1 Å². The molecular formula is C14H17N5O. The molecule has 0 spiro atoms. The Morgan fingerprint density at radius 3 is 2.85 bits per heavy atom. The molecule has 20 heavy (non-hydrogen) atoms. The van der Waals surface area contributed by atoms with Crippen LogP contribution in [-0.4, -0.2) is 27.8 Å². The number of hydrogen-bond acceptors (Lipinski definition) is 5. The number of nitrogens with zero attached hydrogens (tertiary/aromatic N) is 3. The summed E-state index contributed by atoms with van der Waals surface area (Å²) in [7, 11) is 1.99. The molecule has 2 rings (SSSR count). The van der Waals surface area contributed by atoms with Gasteiger partial charge in [-0.3, -0.25) is 20.1 Å². The maximum Gasteiger partial charge on any atom is 0.283 e. The number of pyridine rings is 2. The Balaban J connectivity index is 2.01. The number of carbonyl (C=O) groups is 1. The van der Waals surface area contributed by atoms with Gasteiger partial charge in [0.15, 0.2) is 0 Å². The summed E-state index contributed by atoms with van der Waals surface area (Å²) >= 11 is 0. The molecule has 3 N–H and O–H groups in total. The minimum absolute atomic E-state index is 0.319. The van der Waals surface area contributed by atoms with Gasteiger partial charge in [0.1, 0.15) is 5.69 Å². The van der Waals surface area contributed by atoms with E-state index >= 15 is 0 Å². The Bertz CT molecular complexity index is 573. The Kier molecular flexibility index (Phi) is 4.75. The molecule has 2 aromatic rings. The molecule has 6 heteroatoms. The number of amides is 1. The molecule has 0 saturated heterocycles. The molecular weight excluding hydrogens is 254 g/mol. The Labute approximate surface area is 117 Å². The fraction of sp³-hybridized carbons (Fsp3) is 0.214. The first kappa shape index (κ1) is 14.1. The molecule has 0 atom stereocenters. The van der Waals surface area contributed by atoms with Crippen LogP contribution < -0.4 is 11.3 Å². The van der Waals surface area contributed by atoms with Crippen LogP contribution in [0.5, 0.6) is 0 Å². The van der Waals surface area contributed by atoms with Crippen LogP contribution in [0.4, 0.5) is 0 Å². The predicted molar refractivity (Wildman–Crippen MR) is 75.3 cm³/mol. The Morgan fingerprint density at radius 1 is 1.30 bits per heavy atom. The van der Waals surface area contributed by atoms with Crippen LogP contribution in [0.3, 0.4) is 0 Å². The van der Waals surface area contributed by atoms with Crippen molar-refractivity contribution in [3.05, 3.63) is 59.7 Å². The quantitative estimate of drug-likeness (QED) is 0.475. The van der Waals surface area contributed by atoms with Crippen molar-refractivity contribution in [3.63, 3.8) is 0 Å². The van der Waals surface area contributed by atoms with Crippen molar-refractivity contribution in [2.75, 3.05) is 7.05 Å². The predicted octanol–water partition coefficient (Wildman–Crippen LogP) is 0.712. The minimum atomic E-state index is -0.387. The third kappa shape index (κ3) is 3.84. The second-order valence-electron chi connectivity index (χ2n) is 4.52. The van der Waals surface area contributed by atoms with Crippen LogP contribution in [0, 0.1) is 0 Å². The average Bonchev–Trinajstić information content (AvgIpc) is 2.47. The summed E-state index contributed by atoms with van der Waals surface area (Å²) in [5.41, 5.74) is 4.35. The van der Waals surface area contributed by atoms with Gasteiger partial charge in [-0.1, -0.05) is 12.1 Å². The number of hydrazine groups is 1. The van der Waals surface area contributed by atoms with Crippen molar-refractivity contribution in [2.24, 2.45) is 5.84 Å². The number of nitrogens with two attached hydrogens (primary N) is 1. The van der Waals surface area contributed by atoms with Crippen molar-refractivity contribution < 1.29 is 4.79 Å². The van der Waals surface area contributed by atoms with Crippen molar-refractivity contribution in [1.29, 1.82) is 0 Å². The lowest BCUT2D eigenvalue weighted by molar-refractivity contribution is 0.0948. The Hall–Kier alpha value is -2.31. The van der Waals surface area contributed by atoms with E-state index in [9.17, 15) is 4.79 Å². The lowest BCUT2D eigenvalue weighted by atomic mass is 10.2. The number of hydrogen-bond donors (Lipinski definition) is 2.